The Kier molecular flexibility index (Phi) is 3.79. The number of nitrogens with two attached hydrogens (primary N) is 1. The molecule has 0 aliphatic rings. The maximum atomic E-state index is 12.7. The molecule has 2 heterocycles. The van der Waals surface area contributed by atoms with Crippen molar-refractivity contribution >= 4 is 11.6 Å². The largest absolute Gasteiger partial charge is 0.472 e. The third-order valence-electron chi connectivity index (χ3n) is 2.50. The van der Waals surface area contributed by atoms with Crippen molar-refractivity contribution in [2.45, 2.75) is 12.7 Å². The van der Waals surface area contributed by atoms with Gasteiger partial charge in [-0.1, -0.05) is 0 Å². The summed E-state index contributed by atoms with van der Waals surface area (Å²) in [6.07, 6.45) is -1.65. The van der Waals surface area contributed by atoms with Crippen LogP contribution in [-0.2, 0) is 12.7 Å². The zero-order valence-corrected chi connectivity index (χ0v) is 10.5. The van der Waals surface area contributed by atoms with Gasteiger partial charge in [0.05, 0.1) is 12.5 Å². The molecule has 0 aliphatic carbocycles. The first-order chi connectivity index (χ1) is 9.40. The van der Waals surface area contributed by atoms with E-state index in [0.717, 1.165) is 5.56 Å². The molecule has 6 nitrogen and oxygen atoms in total. The van der Waals surface area contributed by atoms with Gasteiger partial charge in [0.15, 0.2) is 0 Å². The lowest BCUT2D eigenvalue weighted by Gasteiger charge is -2.19. The standard InChI is InChI=1S/C11H12F3N5O/c1-19(5-7-2-3-20-6-7)9-4-8(18-15)16-10(17-9)11(12,13)14/h2-4,6H,5,15H2,1H3,(H,16,17,18). The van der Waals surface area contributed by atoms with Crippen LogP contribution in [-0.4, -0.2) is 17.0 Å². The molecule has 0 aliphatic heterocycles. The zero-order valence-electron chi connectivity index (χ0n) is 10.5. The number of rotatable bonds is 4. The van der Waals surface area contributed by atoms with E-state index in [-0.39, 0.29) is 11.6 Å². The van der Waals surface area contributed by atoms with E-state index >= 15 is 0 Å². The lowest BCUT2D eigenvalue weighted by molar-refractivity contribution is -0.144. The fourth-order valence-electron chi connectivity index (χ4n) is 1.57. The zero-order chi connectivity index (χ0) is 14.8. The van der Waals surface area contributed by atoms with E-state index < -0.39 is 12.0 Å². The summed E-state index contributed by atoms with van der Waals surface area (Å²) in [7, 11) is 1.61. The number of alkyl halides is 3. The van der Waals surface area contributed by atoms with Crippen molar-refractivity contribution in [3.05, 3.63) is 36.0 Å². The summed E-state index contributed by atoms with van der Waals surface area (Å²) < 4.78 is 43.0. The van der Waals surface area contributed by atoms with Crippen LogP contribution in [0.15, 0.2) is 29.1 Å². The minimum Gasteiger partial charge on any atom is -0.472 e. The molecule has 0 fully saturated rings. The first-order valence-corrected chi connectivity index (χ1v) is 5.55. The Labute approximate surface area is 112 Å². The van der Waals surface area contributed by atoms with Gasteiger partial charge in [-0.3, -0.25) is 0 Å². The number of halogens is 3. The highest BCUT2D eigenvalue weighted by Crippen LogP contribution is 2.29. The molecule has 9 heteroatoms. The Hall–Kier alpha value is -2.29. The molecule has 0 radical (unpaired) electrons. The van der Waals surface area contributed by atoms with Crippen molar-refractivity contribution in [3.8, 4) is 0 Å². The lowest BCUT2D eigenvalue weighted by atomic mass is 10.3. The highest BCUT2D eigenvalue weighted by atomic mass is 19.4. The van der Waals surface area contributed by atoms with Gasteiger partial charge in [0, 0.05) is 25.2 Å². The van der Waals surface area contributed by atoms with E-state index in [4.69, 9.17) is 10.3 Å². The molecule has 2 rings (SSSR count). The van der Waals surface area contributed by atoms with Crippen LogP contribution in [0.4, 0.5) is 24.8 Å². The number of anilines is 2. The minimum atomic E-state index is -4.64. The van der Waals surface area contributed by atoms with Crippen LogP contribution >= 0.6 is 0 Å². The number of nitrogen functional groups attached to an aromatic ring is 1. The Morgan fingerprint density at radius 3 is 2.70 bits per heavy atom. The summed E-state index contributed by atoms with van der Waals surface area (Å²) in [5, 5.41) is 0. The molecule has 20 heavy (non-hydrogen) atoms. The van der Waals surface area contributed by atoms with E-state index in [0.29, 0.717) is 6.54 Å². The van der Waals surface area contributed by atoms with Gasteiger partial charge >= 0.3 is 6.18 Å². The molecule has 2 aromatic rings. The first-order valence-electron chi connectivity index (χ1n) is 5.55. The first kappa shape index (κ1) is 14.1. The van der Waals surface area contributed by atoms with E-state index in [2.05, 4.69) is 15.4 Å². The highest BCUT2D eigenvalue weighted by molar-refractivity contribution is 5.49. The highest BCUT2D eigenvalue weighted by Gasteiger charge is 2.35. The Morgan fingerprint density at radius 1 is 1.40 bits per heavy atom. The molecule has 0 spiro atoms. The Balaban J connectivity index is 2.30. The molecule has 0 aromatic carbocycles. The van der Waals surface area contributed by atoms with Crippen molar-refractivity contribution in [1.82, 2.24) is 9.97 Å². The number of hydrazine groups is 1. The van der Waals surface area contributed by atoms with Gasteiger partial charge in [0.25, 0.3) is 0 Å². The maximum Gasteiger partial charge on any atom is 0.451 e. The fourth-order valence-corrected chi connectivity index (χ4v) is 1.57. The van der Waals surface area contributed by atoms with Crippen molar-refractivity contribution in [3.63, 3.8) is 0 Å². The predicted octanol–water partition coefficient (Wildman–Crippen LogP) is 2.01. The van der Waals surface area contributed by atoms with Gasteiger partial charge in [0.1, 0.15) is 11.6 Å². The molecule has 3 N–H and O–H groups in total. The number of hydrogen-bond acceptors (Lipinski definition) is 6. The summed E-state index contributed by atoms with van der Waals surface area (Å²) in [4.78, 5) is 8.31. The van der Waals surface area contributed by atoms with E-state index in [1.807, 2.05) is 0 Å². The average molecular weight is 287 g/mol. The molecular weight excluding hydrogens is 275 g/mol. The third-order valence-corrected chi connectivity index (χ3v) is 2.50. The fraction of sp³-hybridized carbons (Fsp3) is 0.273. The normalized spacial score (nSPS) is 11.4. The molecule has 108 valence electrons. The average Bonchev–Trinajstić information content (AvgIpc) is 2.90. The number of furan rings is 1. The molecule has 0 saturated heterocycles. The Bertz CT molecular complexity index is 570. The number of aromatic nitrogens is 2. The monoisotopic (exact) mass is 287 g/mol. The molecule has 0 amide bonds. The molecule has 0 saturated carbocycles. The molecular formula is C11H12F3N5O. The number of nitrogens with one attached hydrogen (secondary N) is 1. The Morgan fingerprint density at radius 2 is 2.15 bits per heavy atom. The minimum absolute atomic E-state index is 0.0986. The summed E-state index contributed by atoms with van der Waals surface area (Å²) in [6.45, 7) is 0.342. The smallest absolute Gasteiger partial charge is 0.451 e. The van der Waals surface area contributed by atoms with Crippen LogP contribution in [0.2, 0.25) is 0 Å². The van der Waals surface area contributed by atoms with Crippen molar-refractivity contribution in [2.75, 3.05) is 17.4 Å². The molecule has 2 aromatic heterocycles. The van der Waals surface area contributed by atoms with Gasteiger partial charge < -0.3 is 14.7 Å². The van der Waals surface area contributed by atoms with Crippen LogP contribution in [0.3, 0.4) is 0 Å². The van der Waals surface area contributed by atoms with Crippen LogP contribution in [0, 0.1) is 0 Å². The third kappa shape index (κ3) is 3.18. The van der Waals surface area contributed by atoms with Gasteiger partial charge in [-0.15, -0.1) is 0 Å². The summed E-state index contributed by atoms with van der Waals surface area (Å²) in [6, 6.07) is 3.04. The van der Waals surface area contributed by atoms with Gasteiger partial charge in [-0.2, -0.15) is 13.2 Å². The topological polar surface area (TPSA) is 80.2 Å². The number of nitrogens with zero attached hydrogens (tertiary/aromatic N) is 3. The second-order valence-corrected chi connectivity index (χ2v) is 4.06. The molecule has 0 bridgehead atoms. The molecule has 0 unspecified atom stereocenters. The molecule has 0 atom stereocenters. The SMILES string of the molecule is CN(Cc1ccoc1)c1cc(NN)nc(C(F)(F)F)n1. The van der Waals surface area contributed by atoms with Crippen LogP contribution in [0.1, 0.15) is 11.4 Å². The second kappa shape index (κ2) is 5.37. The van der Waals surface area contributed by atoms with Crippen molar-refractivity contribution in [2.24, 2.45) is 5.84 Å². The summed E-state index contributed by atoms with van der Waals surface area (Å²) in [5.41, 5.74) is 2.90. The predicted molar refractivity (Wildman–Crippen MR) is 65.7 cm³/mol. The maximum absolute atomic E-state index is 12.7. The van der Waals surface area contributed by atoms with Crippen LogP contribution in [0.25, 0.3) is 0 Å². The van der Waals surface area contributed by atoms with Gasteiger partial charge in [-0.25, -0.2) is 15.8 Å². The van der Waals surface area contributed by atoms with E-state index in [1.54, 1.807) is 13.1 Å². The van der Waals surface area contributed by atoms with Crippen LogP contribution < -0.4 is 16.2 Å². The van der Waals surface area contributed by atoms with Gasteiger partial charge in [-0.05, 0) is 6.07 Å². The van der Waals surface area contributed by atoms with E-state index in [1.165, 1.54) is 23.5 Å². The van der Waals surface area contributed by atoms with Crippen molar-refractivity contribution in [1.29, 1.82) is 0 Å². The lowest BCUT2D eigenvalue weighted by Crippen LogP contribution is -2.22. The van der Waals surface area contributed by atoms with Gasteiger partial charge in [0.2, 0.25) is 5.82 Å². The van der Waals surface area contributed by atoms with Crippen molar-refractivity contribution < 1.29 is 17.6 Å². The quantitative estimate of drug-likeness (QED) is 0.661. The van der Waals surface area contributed by atoms with E-state index in [9.17, 15) is 13.2 Å². The van der Waals surface area contributed by atoms with Crippen LogP contribution in [0.5, 0.6) is 0 Å². The summed E-state index contributed by atoms with van der Waals surface area (Å²) in [5.74, 6) is 3.87. The second-order valence-electron chi connectivity index (χ2n) is 4.06. The number of hydrogen-bond donors (Lipinski definition) is 2. The summed E-state index contributed by atoms with van der Waals surface area (Å²) >= 11 is 0.